The summed E-state index contributed by atoms with van der Waals surface area (Å²) in [5, 5.41) is 9.81. The lowest BCUT2D eigenvalue weighted by Gasteiger charge is -2.32. The minimum atomic E-state index is -0.756. The van der Waals surface area contributed by atoms with Crippen LogP contribution in [-0.4, -0.2) is 58.7 Å². The van der Waals surface area contributed by atoms with E-state index in [9.17, 15) is 14.7 Å². The molecular weight excluding hydrogens is 372 g/mol. The Kier molecular flexibility index (Phi) is 4.03. The van der Waals surface area contributed by atoms with Gasteiger partial charge in [-0.05, 0) is 23.8 Å². The highest BCUT2D eigenvalue weighted by atomic mass is 16.5. The molecule has 7 nitrogen and oxygen atoms in total. The zero-order chi connectivity index (χ0) is 20.2. The Labute approximate surface area is 168 Å². The summed E-state index contributed by atoms with van der Waals surface area (Å²) in [5.74, 6) is 0.0601. The number of benzene rings is 2. The van der Waals surface area contributed by atoms with Gasteiger partial charge in [-0.2, -0.15) is 0 Å². The van der Waals surface area contributed by atoms with Crippen molar-refractivity contribution >= 4 is 11.8 Å². The fourth-order valence-corrected chi connectivity index (χ4v) is 4.89. The number of carbonyl (C=O) groups is 2. The van der Waals surface area contributed by atoms with Gasteiger partial charge in [0.25, 0.3) is 5.91 Å². The van der Waals surface area contributed by atoms with Crippen LogP contribution >= 0.6 is 0 Å². The number of rotatable bonds is 3. The van der Waals surface area contributed by atoms with Crippen LogP contribution in [0.2, 0.25) is 0 Å². The quantitative estimate of drug-likeness (QED) is 0.864. The highest BCUT2D eigenvalue weighted by Gasteiger charge is 2.65. The molecule has 5 rings (SSSR count). The molecule has 3 atom stereocenters. The predicted molar refractivity (Wildman–Crippen MR) is 103 cm³/mol. The standard InChI is InChI=1S/C22H22N2O5/c1-28-17-11-15(7-8-16(17)25)21(27)23-10-9-22-19(23)12-20(26)24(22)13-18(29-22)14-5-3-2-4-6-14/h2-8,11,18-19,25H,9-10,12-13H2,1H3/t18-,19-,22+/m1/s1. The molecule has 0 saturated carbocycles. The van der Waals surface area contributed by atoms with E-state index in [1.165, 1.54) is 19.2 Å². The smallest absolute Gasteiger partial charge is 0.254 e. The van der Waals surface area contributed by atoms with Gasteiger partial charge in [0.05, 0.1) is 26.1 Å². The molecule has 0 bridgehead atoms. The fourth-order valence-electron chi connectivity index (χ4n) is 4.89. The van der Waals surface area contributed by atoms with E-state index in [1.54, 1.807) is 11.0 Å². The summed E-state index contributed by atoms with van der Waals surface area (Å²) < 4.78 is 11.6. The number of likely N-dealkylation sites (tertiary alicyclic amines) is 1. The van der Waals surface area contributed by atoms with Gasteiger partial charge in [-0.3, -0.25) is 9.59 Å². The number of carbonyl (C=O) groups excluding carboxylic acids is 2. The third-order valence-electron chi connectivity index (χ3n) is 6.29. The van der Waals surface area contributed by atoms with Crippen LogP contribution < -0.4 is 4.74 Å². The van der Waals surface area contributed by atoms with Gasteiger partial charge < -0.3 is 24.4 Å². The lowest BCUT2D eigenvalue weighted by Crippen LogP contribution is -2.48. The number of methoxy groups -OCH3 is 1. The van der Waals surface area contributed by atoms with Crippen LogP contribution in [0.25, 0.3) is 0 Å². The summed E-state index contributed by atoms with van der Waals surface area (Å²) >= 11 is 0. The molecule has 2 aromatic carbocycles. The van der Waals surface area contributed by atoms with Crippen molar-refractivity contribution in [2.24, 2.45) is 0 Å². The number of nitrogens with zero attached hydrogens (tertiary/aromatic N) is 2. The fraction of sp³-hybridized carbons (Fsp3) is 0.364. The van der Waals surface area contributed by atoms with Crippen LogP contribution in [0.5, 0.6) is 11.5 Å². The molecule has 3 aliphatic heterocycles. The minimum Gasteiger partial charge on any atom is -0.504 e. The van der Waals surface area contributed by atoms with E-state index in [0.717, 1.165) is 5.56 Å². The minimum absolute atomic E-state index is 0.0195. The molecule has 1 spiro atoms. The van der Waals surface area contributed by atoms with Crippen LogP contribution in [0.1, 0.15) is 34.9 Å². The Morgan fingerprint density at radius 3 is 2.79 bits per heavy atom. The number of amides is 2. The van der Waals surface area contributed by atoms with E-state index in [-0.39, 0.29) is 41.9 Å². The molecular formula is C22H22N2O5. The van der Waals surface area contributed by atoms with Gasteiger partial charge in [-0.25, -0.2) is 0 Å². The van der Waals surface area contributed by atoms with Gasteiger partial charge >= 0.3 is 0 Å². The van der Waals surface area contributed by atoms with Crippen LogP contribution in [0.15, 0.2) is 48.5 Å². The Hall–Kier alpha value is -3.06. The molecule has 3 aliphatic rings. The number of ether oxygens (including phenoxy) is 2. The molecule has 2 amide bonds. The monoisotopic (exact) mass is 394 g/mol. The zero-order valence-corrected chi connectivity index (χ0v) is 16.1. The largest absolute Gasteiger partial charge is 0.504 e. The normalized spacial score (nSPS) is 27.8. The van der Waals surface area contributed by atoms with Crippen molar-refractivity contribution in [3.63, 3.8) is 0 Å². The molecule has 29 heavy (non-hydrogen) atoms. The van der Waals surface area contributed by atoms with Crippen molar-refractivity contribution in [2.45, 2.75) is 30.7 Å². The maximum Gasteiger partial charge on any atom is 0.254 e. The average Bonchev–Trinajstić information content (AvgIpc) is 3.37. The van der Waals surface area contributed by atoms with E-state index >= 15 is 0 Å². The van der Waals surface area contributed by atoms with Gasteiger partial charge in [0.15, 0.2) is 17.2 Å². The molecule has 0 unspecified atom stereocenters. The van der Waals surface area contributed by atoms with Crippen molar-refractivity contribution in [3.05, 3.63) is 59.7 Å². The van der Waals surface area contributed by atoms with Crippen LogP contribution in [0.4, 0.5) is 0 Å². The molecule has 3 fully saturated rings. The summed E-state index contributed by atoms with van der Waals surface area (Å²) in [5.41, 5.74) is 0.699. The second-order valence-electron chi connectivity index (χ2n) is 7.72. The van der Waals surface area contributed by atoms with Crippen LogP contribution in [0.3, 0.4) is 0 Å². The molecule has 2 aromatic rings. The number of hydrogen-bond acceptors (Lipinski definition) is 5. The van der Waals surface area contributed by atoms with Gasteiger partial charge in [0.1, 0.15) is 6.10 Å². The number of phenolic OH excluding ortho intramolecular Hbond substituents is 1. The summed E-state index contributed by atoms with van der Waals surface area (Å²) in [6.07, 6.45) is 0.669. The SMILES string of the molecule is COc1cc(C(=O)N2CC[C@@]34O[C@@H](c5ccccc5)CN3C(=O)C[C@@H]24)ccc1O. The summed E-state index contributed by atoms with van der Waals surface area (Å²) in [7, 11) is 1.44. The topological polar surface area (TPSA) is 79.3 Å². The number of hydrogen-bond donors (Lipinski definition) is 1. The average molecular weight is 394 g/mol. The molecule has 3 saturated heterocycles. The maximum absolute atomic E-state index is 13.2. The highest BCUT2D eigenvalue weighted by Crippen LogP contribution is 2.51. The first kappa shape index (κ1) is 18.0. The number of aromatic hydroxyl groups is 1. The van der Waals surface area contributed by atoms with E-state index in [1.807, 2.05) is 35.2 Å². The molecule has 1 N–H and O–H groups in total. The Morgan fingerprint density at radius 1 is 1.24 bits per heavy atom. The molecule has 150 valence electrons. The molecule has 3 heterocycles. The molecule has 0 radical (unpaired) electrons. The summed E-state index contributed by atoms with van der Waals surface area (Å²) in [4.78, 5) is 29.5. The zero-order valence-electron chi connectivity index (χ0n) is 16.1. The van der Waals surface area contributed by atoms with Crippen LogP contribution in [0, 0.1) is 0 Å². The lowest BCUT2D eigenvalue weighted by atomic mass is 10.1. The van der Waals surface area contributed by atoms with Crippen molar-refractivity contribution in [2.75, 3.05) is 20.2 Å². The van der Waals surface area contributed by atoms with E-state index in [4.69, 9.17) is 9.47 Å². The predicted octanol–water partition coefficient (Wildman–Crippen LogP) is 2.32. The van der Waals surface area contributed by atoms with Gasteiger partial charge in [-0.1, -0.05) is 30.3 Å². The Bertz CT molecular complexity index is 978. The third kappa shape index (κ3) is 2.61. The van der Waals surface area contributed by atoms with Gasteiger partial charge in [-0.15, -0.1) is 0 Å². The maximum atomic E-state index is 13.2. The summed E-state index contributed by atoms with van der Waals surface area (Å²) in [6, 6.07) is 14.1. The van der Waals surface area contributed by atoms with Gasteiger partial charge in [0, 0.05) is 18.5 Å². The first-order valence-corrected chi connectivity index (χ1v) is 9.75. The second-order valence-corrected chi connectivity index (χ2v) is 7.72. The summed E-state index contributed by atoms with van der Waals surface area (Å²) in [6.45, 7) is 1.02. The van der Waals surface area contributed by atoms with E-state index in [2.05, 4.69) is 0 Å². The third-order valence-corrected chi connectivity index (χ3v) is 6.29. The van der Waals surface area contributed by atoms with Gasteiger partial charge in [0.2, 0.25) is 5.91 Å². The van der Waals surface area contributed by atoms with Crippen molar-refractivity contribution in [1.82, 2.24) is 9.80 Å². The Morgan fingerprint density at radius 2 is 2.03 bits per heavy atom. The Balaban J connectivity index is 1.43. The molecule has 0 aromatic heterocycles. The first-order chi connectivity index (χ1) is 14.0. The van der Waals surface area contributed by atoms with Crippen molar-refractivity contribution in [1.29, 1.82) is 0 Å². The molecule has 0 aliphatic carbocycles. The lowest BCUT2D eigenvalue weighted by molar-refractivity contribution is -0.138. The highest BCUT2D eigenvalue weighted by molar-refractivity contribution is 5.96. The molecule has 7 heteroatoms. The number of phenols is 1. The van der Waals surface area contributed by atoms with Crippen molar-refractivity contribution < 1.29 is 24.2 Å². The van der Waals surface area contributed by atoms with Crippen LogP contribution in [-0.2, 0) is 9.53 Å². The van der Waals surface area contributed by atoms with Crippen molar-refractivity contribution in [3.8, 4) is 11.5 Å². The second kappa shape index (κ2) is 6.49. The van der Waals surface area contributed by atoms with E-state index in [0.29, 0.717) is 25.1 Å². The van der Waals surface area contributed by atoms with E-state index < -0.39 is 5.72 Å². The first-order valence-electron chi connectivity index (χ1n) is 9.75.